The van der Waals surface area contributed by atoms with Gasteiger partial charge in [-0.15, -0.1) is 0 Å². The van der Waals surface area contributed by atoms with Crippen LogP contribution in [0.5, 0.6) is 5.75 Å². The average molecular weight is 349 g/mol. The smallest absolute Gasteiger partial charge is 0.277 e. The Morgan fingerprint density at radius 1 is 1.23 bits per heavy atom. The van der Waals surface area contributed by atoms with Gasteiger partial charge in [-0.1, -0.05) is 50.2 Å². The number of nitrogens with zero attached hydrogens (tertiary/aromatic N) is 1. The van der Waals surface area contributed by atoms with E-state index in [2.05, 4.69) is 29.4 Å². The molecule has 1 aromatic heterocycles. The molecule has 0 saturated heterocycles. The Bertz CT molecular complexity index is 914. The first-order chi connectivity index (χ1) is 12.7. The first-order valence-electron chi connectivity index (χ1n) is 8.78. The fourth-order valence-corrected chi connectivity index (χ4v) is 2.79. The van der Waals surface area contributed by atoms with Gasteiger partial charge in [-0.25, -0.2) is 5.43 Å². The van der Waals surface area contributed by atoms with E-state index in [0.29, 0.717) is 5.92 Å². The minimum atomic E-state index is -0.292. The molecular weight excluding hydrogens is 326 g/mol. The largest absolute Gasteiger partial charge is 0.483 e. The number of fused-ring (bicyclic) bond motifs is 1. The maximum atomic E-state index is 12.0. The molecule has 3 aromatic rings. The fourth-order valence-electron chi connectivity index (χ4n) is 2.79. The van der Waals surface area contributed by atoms with Gasteiger partial charge in [0.25, 0.3) is 5.91 Å². The highest BCUT2D eigenvalue weighted by Gasteiger charge is 2.10. The van der Waals surface area contributed by atoms with Gasteiger partial charge in [0.05, 0.1) is 6.21 Å². The average Bonchev–Trinajstić information content (AvgIpc) is 3.09. The number of carbonyl (C=O) groups is 1. The van der Waals surface area contributed by atoms with Crippen molar-refractivity contribution in [2.45, 2.75) is 26.2 Å². The maximum absolute atomic E-state index is 12.0. The SMILES string of the molecule is CCC(C)c1ccccc1OCC(=O)N/N=C/c1c[nH]c2ccccc12. The van der Waals surface area contributed by atoms with Gasteiger partial charge in [-0.2, -0.15) is 5.10 Å². The number of ether oxygens (including phenoxy) is 1. The van der Waals surface area contributed by atoms with E-state index in [1.54, 1.807) is 6.21 Å². The van der Waals surface area contributed by atoms with Crippen LogP contribution < -0.4 is 10.2 Å². The highest BCUT2D eigenvalue weighted by molar-refractivity contribution is 5.99. The highest BCUT2D eigenvalue weighted by atomic mass is 16.5. The van der Waals surface area contributed by atoms with Crippen LogP contribution in [0.3, 0.4) is 0 Å². The van der Waals surface area contributed by atoms with E-state index >= 15 is 0 Å². The van der Waals surface area contributed by atoms with Crippen molar-refractivity contribution in [3.63, 3.8) is 0 Å². The molecule has 0 saturated carbocycles. The van der Waals surface area contributed by atoms with E-state index in [0.717, 1.165) is 34.2 Å². The lowest BCUT2D eigenvalue weighted by Crippen LogP contribution is -2.24. The van der Waals surface area contributed by atoms with Crippen LogP contribution in [0.15, 0.2) is 59.8 Å². The van der Waals surface area contributed by atoms with Crippen LogP contribution in [-0.2, 0) is 4.79 Å². The quantitative estimate of drug-likeness (QED) is 0.496. The normalized spacial score (nSPS) is 12.4. The molecule has 5 nitrogen and oxygen atoms in total. The molecule has 26 heavy (non-hydrogen) atoms. The Kier molecular flexibility index (Phi) is 5.69. The number of hydrogen-bond acceptors (Lipinski definition) is 3. The van der Waals surface area contributed by atoms with Crippen molar-refractivity contribution in [3.05, 3.63) is 65.9 Å². The number of hydrogen-bond donors (Lipinski definition) is 2. The van der Waals surface area contributed by atoms with Crippen LogP contribution >= 0.6 is 0 Å². The lowest BCUT2D eigenvalue weighted by Gasteiger charge is -2.15. The Morgan fingerprint density at radius 3 is 2.85 bits per heavy atom. The number of aromatic amines is 1. The van der Waals surface area contributed by atoms with E-state index in [1.807, 2.05) is 54.7 Å². The zero-order chi connectivity index (χ0) is 18.4. The molecule has 1 atom stereocenters. The van der Waals surface area contributed by atoms with Crippen LogP contribution in [0.2, 0.25) is 0 Å². The van der Waals surface area contributed by atoms with Crippen molar-refractivity contribution >= 4 is 23.0 Å². The third-order valence-electron chi connectivity index (χ3n) is 4.44. The molecule has 1 unspecified atom stereocenters. The van der Waals surface area contributed by atoms with Crippen molar-refractivity contribution in [3.8, 4) is 5.75 Å². The number of aromatic nitrogens is 1. The van der Waals surface area contributed by atoms with Crippen molar-refractivity contribution in [1.82, 2.24) is 10.4 Å². The van der Waals surface area contributed by atoms with Gasteiger partial charge in [0, 0.05) is 22.7 Å². The van der Waals surface area contributed by atoms with Crippen molar-refractivity contribution < 1.29 is 9.53 Å². The molecule has 0 aliphatic carbocycles. The van der Waals surface area contributed by atoms with Crippen molar-refractivity contribution in [2.24, 2.45) is 5.10 Å². The lowest BCUT2D eigenvalue weighted by atomic mass is 9.98. The fraction of sp³-hybridized carbons (Fsp3) is 0.238. The number of benzene rings is 2. The highest BCUT2D eigenvalue weighted by Crippen LogP contribution is 2.28. The van der Waals surface area contributed by atoms with E-state index in [4.69, 9.17) is 4.74 Å². The van der Waals surface area contributed by atoms with Crippen LogP contribution in [-0.4, -0.2) is 23.7 Å². The lowest BCUT2D eigenvalue weighted by molar-refractivity contribution is -0.123. The van der Waals surface area contributed by atoms with Gasteiger partial charge in [0.2, 0.25) is 0 Å². The Hall–Kier alpha value is -3.08. The molecule has 0 fully saturated rings. The molecule has 1 amide bonds. The van der Waals surface area contributed by atoms with Gasteiger partial charge >= 0.3 is 0 Å². The third-order valence-corrected chi connectivity index (χ3v) is 4.44. The standard InChI is InChI=1S/C21H23N3O2/c1-3-15(2)17-8-5-7-11-20(17)26-14-21(25)24-23-13-16-12-22-19-10-6-4-9-18(16)19/h4-13,15,22H,3,14H2,1-2H3,(H,24,25)/b23-13+. The summed E-state index contributed by atoms with van der Waals surface area (Å²) in [5.41, 5.74) is 5.58. The van der Waals surface area contributed by atoms with E-state index in [-0.39, 0.29) is 12.5 Å². The van der Waals surface area contributed by atoms with E-state index < -0.39 is 0 Å². The molecule has 2 aromatic carbocycles. The monoisotopic (exact) mass is 349 g/mol. The third kappa shape index (κ3) is 4.11. The number of H-pyrrole nitrogens is 1. The van der Waals surface area contributed by atoms with Crippen LogP contribution in [0, 0.1) is 0 Å². The molecule has 0 aliphatic heterocycles. The maximum Gasteiger partial charge on any atom is 0.277 e. The minimum absolute atomic E-state index is 0.0708. The molecule has 3 rings (SSSR count). The second-order valence-electron chi connectivity index (χ2n) is 6.22. The van der Waals surface area contributed by atoms with Crippen LogP contribution in [0.1, 0.15) is 37.3 Å². The molecule has 0 radical (unpaired) electrons. The Labute approximate surface area is 153 Å². The molecule has 5 heteroatoms. The second kappa shape index (κ2) is 8.34. The van der Waals surface area contributed by atoms with Gasteiger partial charge < -0.3 is 9.72 Å². The summed E-state index contributed by atoms with van der Waals surface area (Å²) >= 11 is 0. The first-order valence-corrected chi connectivity index (χ1v) is 8.78. The first kappa shape index (κ1) is 17.7. The van der Waals surface area contributed by atoms with E-state index in [9.17, 15) is 4.79 Å². The summed E-state index contributed by atoms with van der Waals surface area (Å²) in [7, 11) is 0. The summed E-state index contributed by atoms with van der Waals surface area (Å²) in [5, 5.41) is 5.08. The van der Waals surface area contributed by atoms with Crippen molar-refractivity contribution in [2.75, 3.05) is 6.61 Å². The zero-order valence-electron chi connectivity index (χ0n) is 15.0. The van der Waals surface area contributed by atoms with Gasteiger partial charge in [-0.05, 0) is 30.0 Å². The van der Waals surface area contributed by atoms with Crippen LogP contribution in [0.4, 0.5) is 0 Å². The Morgan fingerprint density at radius 2 is 2.00 bits per heavy atom. The summed E-state index contributed by atoms with van der Waals surface area (Å²) in [6, 6.07) is 15.8. The number of para-hydroxylation sites is 2. The molecule has 134 valence electrons. The van der Waals surface area contributed by atoms with Gasteiger partial charge in [-0.3, -0.25) is 4.79 Å². The predicted octanol–water partition coefficient (Wildman–Crippen LogP) is 4.21. The number of hydrazone groups is 1. The summed E-state index contributed by atoms with van der Waals surface area (Å²) in [6.07, 6.45) is 4.50. The number of carbonyl (C=O) groups excluding carboxylic acids is 1. The summed E-state index contributed by atoms with van der Waals surface area (Å²) < 4.78 is 5.69. The molecule has 2 N–H and O–H groups in total. The number of amides is 1. The molecule has 0 aliphatic rings. The summed E-state index contributed by atoms with van der Waals surface area (Å²) in [4.78, 5) is 15.2. The predicted molar refractivity (Wildman–Crippen MR) is 105 cm³/mol. The zero-order valence-corrected chi connectivity index (χ0v) is 15.0. The molecule has 0 bridgehead atoms. The minimum Gasteiger partial charge on any atom is -0.483 e. The van der Waals surface area contributed by atoms with Crippen LogP contribution in [0.25, 0.3) is 10.9 Å². The van der Waals surface area contributed by atoms with Gasteiger partial charge in [0.15, 0.2) is 6.61 Å². The molecule has 0 spiro atoms. The number of nitrogens with one attached hydrogen (secondary N) is 2. The topological polar surface area (TPSA) is 66.5 Å². The summed E-state index contributed by atoms with van der Waals surface area (Å²) in [5.74, 6) is 0.840. The molecular formula is C21H23N3O2. The number of rotatable bonds is 7. The van der Waals surface area contributed by atoms with E-state index in [1.165, 1.54) is 0 Å². The molecule has 1 heterocycles. The van der Waals surface area contributed by atoms with Crippen molar-refractivity contribution in [1.29, 1.82) is 0 Å². The summed E-state index contributed by atoms with van der Waals surface area (Å²) in [6.45, 7) is 4.21. The van der Waals surface area contributed by atoms with Gasteiger partial charge in [0.1, 0.15) is 5.75 Å². The Balaban J connectivity index is 1.57. The second-order valence-corrected chi connectivity index (χ2v) is 6.22.